The maximum absolute atomic E-state index is 12.1. The van der Waals surface area contributed by atoms with Gasteiger partial charge in [0.1, 0.15) is 12.9 Å². The Bertz CT molecular complexity index is 522. The second-order valence-corrected chi connectivity index (χ2v) is 4.64. The third-order valence-corrected chi connectivity index (χ3v) is 2.63. The van der Waals surface area contributed by atoms with E-state index in [4.69, 9.17) is 0 Å². The molecule has 1 heterocycles. The molecular weight excluding hydrogens is 346 g/mol. The highest BCUT2D eigenvalue weighted by atomic mass is 127. The van der Waals surface area contributed by atoms with Crippen molar-refractivity contribution in [2.45, 2.75) is 12.7 Å². The highest BCUT2D eigenvalue weighted by Crippen LogP contribution is 2.20. The molecule has 2 rings (SSSR count). The average Bonchev–Trinajstić information content (AvgIpc) is 2.63. The van der Waals surface area contributed by atoms with Gasteiger partial charge in [-0.25, -0.2) is 9.67 Å². The number of halogens is 4. The first-order chi connectivity index (χ1) is 7.94. The molecule has 90 valence electrons. The Morgan fingerprint density at radius 2 is 2.06 bits per heavy atom. The number of aromatic nitrogens is 3. The van der Waals surface area contributed by atoms with Gasteiger partial charge in [0, 0.05) is 9.13 Å². The minimum atomic E-state index is -4.28. The first-order valence-electron chi connectivity index (χ1n) is 4.66. The van der Waals surface area contributed by atoms with Crippen molar-refractivity contribution >= 4 is 22.6 Å². The van der Waals surface area contributed by atoms with Crippen LogP contribution in [0.2, 0.25) is 0 Å². The van der Waals surface area contributed by atoms with Crippen molar-refractivity contribution in [3.63, 3.8) is 0 Å². The summed E-state index contributed by atoms with van der Waals surface area (Å²) < 4.78 is 38.1. The van der Waals surface area contributed by atoms with Gasteiger partial charge in [-0.1, -0.05) is 12.1 Å². The molecule has 0 atom stereocenters. The van der Waals surface area contributed by atoms with Crippen molar-refractivity contribution in [1.29, 1.82) is 0 Å². The molecule has 0 aliphatic carbocycles. The molecule has 1 aromatic carbocycles. The Labute approximate surface area is 109 Å². The van der Waals surface area contributed by atoms with Crippen LogP contribution in [0, 0.1) is 3.57 Å². The van der Waals surface area contributed by atoms with Crippen molar-refractivity contribution < 1.29 is 13.2 Å². The molecule has 2 aromatic rings. The van der Waals surface area contributed by atoms with Gasteiger partial charge in [0.05, 0.1) is 0 Å². The Balaban J connectivity index is 2.24. The second kappa shape index (κ2) is 4.63. The molecule has 0 N–H and O–H groups in total. The van der Waals surface area contributed by atoms with Gasteiger partial charge >= 0.3 is 6.18 Å². The summed E-state index contributed by atoms with van der Waals surface area (Å²) in [5, 5.41) is 3.79. The molecule has 0 saturated heterocycles. The fourth-order valence-corrected chi connectivity index (χ4v) is 1.86. The standard InChI is InChI=1S/C10H7F3IN3/c11-10(12,13)5-17-6-15-9(16-17)7-2-1-3-8(14)4-7/h1-4,6H,5H2. The molecular formula is C10H7F3IN3. The fourth-order valence-electron chi connectivity index (χ4n) is 1.31. The first-order valence-corrected chi connectivity index (χ1v) is 5.74. The van der Waals surface area contributed by atoms with Crippen LogP contribution >= 0.6 is 22.6 Å². The van der Waals surface area contributed by atoms with Crippen LogP contribution in [0.25, 0.3) is 11.4 Å². The van der Waals surface area contributed by atoms with E-state index in [9.17, 15) is 13.2 Å². The molecule has 0 amide bonds. The Morgan fingerprint density at radius 3 is 2.71 bits per heavy atom. The van der Waals surface area contributed by atoms with E-state index in [1.165, 1.54) is 0 Å². The predicted octanol–water partition coefficient (Wildman–Crippen LogP) is 3.11. The number of rotatable bonds is 2. The van der Waals surface area contributed by atoms with E-state index in [0.717, 1.165) is 14.6 Å². The Hall–Kier alpha value is -1.12. The van der Waals surface area contributed by atoms with Crippen LogP contribution in [0.3, 0.4) is 0 Å². The van der Waals surface area contributed by atoms with Crippen molar-refractivity contribution in [1.82, 2.24) is 14.8 Å². The van der Waals surface area contributed by atoms with Gasteiger partial charge in [-0.15, -0.1) is 0 Å². The predicted molar refractivity (Wildman–Crippen MR) is 64.2 cm³/mol. The van der Waals surface area contributed by atoms with Gasteiger partial charge in [0.2, 0.25) is 0 Å². The molecule has 0 aliphatic rings. The third-order valence-electron chi connectivity index (χ3n) is 1.96. The molecule has 0 aliphatic heterocycles. The lowest BCUT2D eigenvalue weighted by atomic mass is 10.2. The van der Waals surface area contributed by atoms with E-state index in [0.29, 0.717) is 11.4 Å². The third kappa shape index (κ3) is 3.42. The quantitative estimate of drug-likeness (QED) is 0.777. The van der Waals surface area contributed by atoms with Crippen LogP contribution in [-0.2, 0) is 6.54 Å². The van der Waals surface area contributed by atoms with E-state index >= 15 is 0 Å². The van der Waals surface area contributed by atoms with Crippen molar-refractivity contribution in [3.05, 3.63) is 34.2 Å². The van der Waals surface area contributed by atoms with E-state index in [1.807, 2.05) is 18.2 Å². The number of alkyl halides is 3. The van der Waals surface area contributed by atoms with E-state index in [1.54, 1.807) is 6.07 Å². The zero-order valence-corrected chi connectivity index (χ0v) is 10.6. The molecule has 0 radical (unpaired) electrons. The van der Waals surface area contributed by atoms with Crippen LogP contribution in [0.15, 0.2) is 30.6 Å². The van der Waals surface area contributed by atoms with Crippen molar-refractivity contribution in [2.24, 2.45) is 0 Å². The summed E-state index contributed by atoms with van der Waals surface area (Å²) in [5.74, 6) is 0.299. The summed E-state index contributed by atoms with van der Waals surface area (Å²) in [6.07, 6.45) is -3.20. The van der Waals surface area contributed by atoms with E-state index in [-0.39, 0.29) is 0 Å². The lowest BCUT2D eigenvalue weighted by Gasteiger charge is -2.04. The minimum absolute atomic E-state index is 0.299. The highest BCUT2D eigenvalue weighted by Gasteiger charge is 2.28. The summed E-state index contributed by atoms with van der Waals surface area (Å²) in [7, 11) is 0. The van der Waals surface area contributed by atoms with E-state index < -0.39 is 12.7 Å². The normalized spacial score (nSPS) is 11.8. The summed E-state index contributed by atoms with van der Waals surface area (Å²) >= 11 is 2.12. The number of hydrogen-bond donors (Lipinski definition) is 0. The zero-order chi connectivity index (χ0) is 12.5. The van der Waals surface area contributed by atoms with Crippen molar-refractivity contribution in [2.75, 3.05) is 0 Å². The lowest BCUT2D eigenvalue weighted by molar-refractivity contribution is -0.142. The van der Waals surface area contributed by atoms with Gasteiger partial charge in [0.15, 0.2) is 5.82 Å². The molecule has 1 aromatic heterocycles. The van der Waals surface area contributed by atoms with Crippen molar-refractivity contribution in [3.8, 4) is 11.4 Å². The van der Waals surface area contributed by atoms with Gasteiger partial charge in [0.25, 0.3) is 0 Å². The topological polar surface area (TPSA) is 30.7 Å². The average molecular weight is 353 g/mol. The fraction of sp³-hybridized carbons (Fsp3) is 0.200. The van der Waals surface area contributed by atoms with Crippen LogP contribution in [0.5, 0.6) is 0 Å². The van der Waals surface area contributed by atoms with E-state index in [2.05, 4.69) is 32.7 Å². The van der Waals surface area contributed by atoms with Gasteiger partial charge in [-0.3, -0.25) is 0 Å². The summed E-state index contributed by atoms with van der Waals surface area (Å²) in [5.41, 5.74) is 0.706. The van der Waals surface area contributed by atoms with Gasteiger partial charge in [-0.05, 0) is 34.7 Å². The molecule has 0 fully saturated rings. The number of benzene rings is 1. The maximum atomic E-state index is 12.1. The number of hydrogen-bond acceptors (Lipinski definition) is 2. The molecule has 0 unspecified atom stereocenters. The smallest absolute Gasteiger partial charge is 0.243 e. The molecule has 0 spiro atoms. The molecule has 17 heavy (non-hydrogen) atoms. The van der Waals surface area contributed by atoms with Gasteiger partial charge in [-0.2, -0.15) is 18.3 Å². The minimum Gasteiger partial charge on any atom is -0.243 e. The Morgan fingerprint density at radius 1 is 1.29 bits per heavy atom. The largest absolute Gasteiger partial charge is 0.408 e. The molecule has 0 saturated carbocycles. The van der Waals surface area contributed by atoms with Crippen LogP contribution in [0.1, 0.15) is 0 Å². The number of nitrogens with zero attached hydrogens (tertiary/aromatic N) is 3. The summed E-state index contributed by atoms with van der Waals surface area (Å²) in [4.78, 5) is 3.86. The summed E-state index contributed by atoms with van der Waals surface area (Å²) in [6, 6.07) is 7.27. The van der Waals surface area contributed by atoms with Crippen LogP contribution < -0.4 is 0 Å². The second-order valence-electron chi connectivity index (χ2n) is 3.39. The zero-order valence-electron chi connectivity index (χ0n) is 8.45. The monoisotopic (exact) mass is 353 g/mol. The van der Waals surface area contributed by atoms with Crippen LogP contribution in [-0.4, -0.2) is 20.9 Å². The Kier molecular flexibility index (Phi) is 3.36. The van der Waals surface area contributed by atoms with Crippen LogP contribution in [0.4, 0.5) is 13.2 Å². The first kappa shape index (κ1) is 12.3. The summed E-state index contributed by atoms with van der Waals surface area (Å²) in [6.45, 7) is -1.12. The highest BCUT2D eigenvalue weighted by molar-refractivity contribution is 14.1. The van der Waals surface area contributed by atoms with Gasteiger partial charge < -0.3 is 0 Å². The molecule has 0 bridgehead atoms. The molecule has 3 nitrogen and oxygen atoms in total. The lowest BCUT2D eigenvalue weighted by Crippen LogP contribution is -2.17. The molecule has 7 heteroatoms. The maximum Gasteiger partial charge on any atom is 0.408 e. The SMILES string of the molecule is FC(F)(F)Cn1cnc(-c2cccc(I)c2)n1.